The Balaban J connectivity index is 2.41. The SMILES string of the molecule is Cc1nc(-c2ccc([N+](=O)[O-])o2)nn1C. The molecule has 0 amide bonds. The van der Waals surface area contributed by atoms with Gasteiger partial charge in [-0.05, 0) is 13.0 Å². The second-order valence-electron chi connectivity index (χ2n) is 3.00. The topological polar surface area (TPSA) is 87.0 Å². The lowest BCUT2D eigenvalue weighted by Crippen LogP contribution is -1.92. The van der Waals surface area contributed by atoms with Crippen molar-refractivity contribution in [3.05, 3.63) is 28.1 Å². The number of furan rings is 1. The predicted octanol–water partition coefficient (Wildman–Crippen LogP) is 1.29. The minimum absolute atomic E-state index is 0.297. The van der Waals surface area contributed by atoms with Gasteiger partial charge in [0.2, 0.25) is 5.82 Å². The molecule has 0 aromatic carbocycles. The summed E-state index contributed by atoms with van der Waals surface area (Å²) in [7, 11) is 1.74. The van der Waals surface area contributed by atoms with Crippen LogP contribution in [0, 0.1) is 17.0 Å². The van der Waals surface area contributed by atoms with Crippen LogP contribution in [0.1, 0.15) is 5.82 Å². The van der Waals surface area contributed by atoms with E-state index in [0.717, 1.165) is 0 Å². The van der Waals surface area contributed by atoms with Crippen LogP contribution in [0.25, 0.3) is 11.6 Å². The van der Waals surface area contributed by atoms with Crippen molar-refractivity contribution >= 4 is 5.88 Å². The Hall–Kier alpha value is -2.18. The Morgan fingerprint density at radius 3 is 2.73 bits per heavy atom. The number of nitrogens with zero attached hydrogens (tertiary/aromatic N) is 4. The molecule has 0 saturated heterocycles. The lowest BCUT2D eigenvalue weighted by atomic mass is 10.4. The first kappa shape index (κ1) is 9.38. The number of aryl methyl sites for hydroxylation is 2. The summed E-state index contributed by atoms with van der Waals surface area (Å²) in [6.07, 6.45) is 0. The average Bonchev–Trinajstić information content (AvgIpc) is 2.74. The van der Waals surface area contributed by atoms with Crippen LogP contribution < -0.4 is 0 Å². The van der Waals surface area contributed by atoms with E-state index >= 15 is 0 Å². The van der Waals surface area contributed by atoms with Gasteiger partial charge in [0.1, 0.15) is 10.7 Å². The predicted molar refractivity (Wildman–Crippen MR) is 50.1 cm³/mol. The fourth-order valence-corrected chi connectivity index (χ4v) is 1.11. The minimum atomic E-state index is -0.598. The van der Waals surface area contributed by atoms with Crippen molar-refractivity contribution < 1.29 is 9.34 Å². The van der Waals surface area contributed by atoms with E-state index in [1.165, 1.54) is 12.1 Å². The molecule has 0 aliphatic heterocycles. The Morgan fingerprint density at radius 2 is 2.27 bits per heavy atom. The molecule has 15 heavy (non-hydrogen) atoms. The van der Waals surface area contributed by atoms with Crippen LogP contribution in [0.5, 0.6) is 0 Å². The zero-order valence-corrected chi connectivity index (χ0v) is 8.17. The first-order chi connectivity index (χ1) is 7.08. The Labute approximate surface area is 84.5 Å². The molecule has 0 saturated carbocycles. The van der Waals surface area contributed by atoms with Gasteiger partial charge in [-0.2, -0.15) is 0 Å². The minimum Gasteiger partial charge on any atom is -0.397 e. The first-order valence-electron chi connectivity index (χ1n) is 4.20. The molecule has 78 valence electrons. The highest BCUT2D eigenvalue weighted by atomic mass is 16.6. The second-order valence-corrected chi connectivity index (χ2v) is 3.00. The summed E-state index contributed by atoms with van der Waals surface area (Å²) >= 11 is 0. The smallest absolute Gasteiger partial charge is 0.397 e. The molecule has 2 heterocycles. The molecular weight excluding hydrogens is 200 g/mol. The van der Waals surface area contributed by atoms with E-state index in [9.17, 15) is 10.1 Å². The summed E-state index contributed by atoms with van der Waals surface area (Å²) < 4.78 is 6.54. The summed E-state index contributed by atoms with van der Waals surface area (Å²) in [4.78, 5) is 13.9. The monoisotopic (exact) mass is 208 g/mol. The van der Waals surface area contributed by atoms with Gasteiger partial charge in [0.25, 0.3) is 0 Å². The fourth-order valence-electron chi connectivity index (χ4n) is 1.11. The third-order valence-corrected chi connectivity index (χ3v) is 1.97. The summed E-state index contributed by atoms with van der Waals surface area (Å²) in [5.74, 6) is 1.05. The molecule has 0 fully saturated rings. The standard InChI is InChI=1S/C8H8N4O3/c1-5-9-8(10-11(5)2)6-3-4-7(15-6)12(13)14/h3-4H,1-2H3. The average molecular weight is 208 g/mol. The molecule has 0 unspecified atom stereocenters. The first-order valence-corrected chi connectivity index (χ1v) is 4.20. The maximum Gasteiger partial charge on any atom is 0.433 e. The van der Waals surface area contributed by atoms with Gasteiger partial charge in [-0.1, -0.05) is 0 Å². The van der Waals surface area contributed by atoms with E-state index in [1.807, 2.05) is 0 Å². The summed E-state index contributed by atoms with van der Waals surface area (Å²) in [5.41, 5.74) is 0. The number of aromatic nitrogens is 3. The van der Waals surface area contributed by atoms with Crippen molar-refractivity contribution in [2.75, 3.05) is 0 Å². The zero-order chi connectivity index (χ0) is 11.0. The zero-order valence-electron chi connectivity index (χ0n) is 8.17. The Morgan fingerprint density at radius 1 is 1.53 bits per heavy atom. The molecule has 7 heteroatoms. The lowest BCUT2D eigenvalue weighted by Gasteiger charge is -1.86. The van der Waals surface area contributed by atoms with Crippen LogP contribution in [0.4, 0.5) is 5.88 Å². The summed E-state index contributed by atoms with van der Waals surface area (Å²) in [5, 5.41) is 14.4. The van der Waals surface area contributed by atoms with Crippen molar-refractivity contribution in [2.24, 2.45) is 7.05 Å². The molecule has 0 radical (unpaired) electrons. The van der Waals surface area contributed by atoms with Crippen molar-refractivity contribution in [2.45, 2.75) is 6.92 Å². The van der Waals surface area contributed by atoms with Crippen LogP contribution in [-0.4, -0.2) is 19.7 Å². The quantitative estimate of drug-likeness (QED) is 0.548. The molecule has 2 rings (SSSR count). The maximum absolute atomic E-state index is 10.4. The molecule has 0 aliphatic rings. The van der Waals surface area contributed by atoms with E-state index in [-0.39, 0.29) is 5.88 Å². The van der Waals surface area contributed by atoms with Crippen LogP contribution in [-0.2, 0) is 7.05 Å². The summed E-state index contributed by atoms with van der Waals surface area (Å²) in [6.45, 7) is 1.79. The van der Waals surface area contributed by atoms with Gasteiger partial charge in [-0.3, -0.25) is 14.8 Å². The van der Waals surface area contributed by atoms with E-state index in [1.54, 1.807) is 18.7 Å². The van der Waals surface area contributed by atoms with Crippen molar-refractivity contribution in [3.63, 3.8) is 0 Å². The Bertz CT molecular complexity index is 494. The molecule has 2 aromatic rings. The number of hydrogen-bond acceptors (Lipinski definition) is 5. The highest BCUT2D eigenvalue weighted by Gasteiger charge is 2.16. The van der Waals surface area contributed by atoms with Crippen molar-refractivity contribution in [1.82, 2.24) is 14.8 Å². The number of nitro groups is 1. The van der Waals surface area contributed by atoms with Gasteiger partial charge < -0.3 is 4.42 Å². The van der Waals surface area contributed by atoms with Crippen LogP contribution in [0.2, 0.25) is 0 Å². The van der Waals surface area contributed by atoms with E-state index < -0.39 is 4.92 Å². The second kappa shape index (κ2) is 3.19. The van der Waals surface area contributed by atoms with Gasteiger partial charge in [0.15, 0.2) is 5.76 Å². The van der Waals surface area contributed by atoms with Crippen LogP contribution in [0.15, 0.2) is 16.5 Å². The molecule has 0 aliphatic carbocycles. The van der Waals surface area contributed by atoms with Crippen LogP contribution in [0.3, 0.4) is 0 Å². The summed E-state index contributed by atoms with van der Waals surface area (Å²) in [6, 6.07) is 2.76. The molecule has 7 nitrogen and oxygen atoms in total. The van der Waals surface area contributed by atoms with E-state index in [0.29, 0.717) is 17.4 Å². The molecule has 0 bridgehead atoms. The van der Waals surface area contributed by atoms with Gasteiger partial charge in [0, 0.05) is 7.05 Å². The highest BCUT2D eigenvalue weighted by molar-refractivity contribution is 5.48. The highest BCUT2D eigenvalue weighted by Crippen LogP contribution is 2.23. The molecule has 0 atom stereocenters. The van der Waals surface area contributed by atoms with E-state index in [4.69, 9.17) is 4.42 Å². The fraction of sp³-hybridized carbons (Fsp3) is 0.250. The Kier molecular flexibility index (Phi) is 2.00. The van der Waals surface area contributed by atoms with Gasteiger partial charge >= 0.3 is 5.88 Å². The number of rotatable bonds is 2. The van der Waals surface area contributed by atoms with Crippen LogP contribution >= 0.6 is 0 Å². The largest absolute Gasteiger partial charge is 0.433 e. The molecule has 2 aromatic heterocycles. The van der Waals surface area contributed by atoms with Crippen molar-refractivity contribution in [1.29, 1.82) is 0 Å². The van der Waals surface area contributed by atoms with Gasteiger partial charge in [-0.15, -0.1) is 5.10 Å². The normalized spacial score (nSPS) is 10.5. The lowest BCUT2D eigenvalue weighted by molar-refractivity contribution is -0.401. The van der Waals surface area contributed by atoms with E-state index in [2.05, 4.69) is 10.1 Å². The van der Waals surface area contributed by atoms with Gasteiger partial charge in [0.05, 0.1) is 6.07 Å². The molecule has 0 spiro atoms. The maximum atomic E-state index is 10.4. The van der Waals surface area contributed by atoms with Gasteiger partial charge in [-0.25, -0.2) is 4.98 Å². The third kappa shape index (κ3) is 1.58. The molecule has 0 N–H and O–H groups in total. The molecular formula is C8H8N4O3. The third-order valence-electron chi connectivity index (χ3n) is 1.97. The number of hydrogen-bond donors (Lipinski definition) is 0. The van der Waals surface area contributed by atoms with Crippen molar-refractivity contribution in [3.8, 4) is 11.6 Å².